The lowest BCUT2D eigenvalue weighted by Gasteiger charge is -2.22. The van der Waals surface area contributed by atoms with Gasteiger partial charge in [-0.2, -0.15) is 0 Å². The molecule has 1 unspecified atom stereocenters. The molecule has 0 aromatic heterocycles. The normalized spacial score (nSPS) is 11.3. The van der Waals surface area contributed by atoms with Crippen molar-refractivity contribution in [3.8, 4) is 11.5 Å². The zero-order valence-electron chi connectivity index (χ0n) is 21.7. The van der Waals surface area contributed by atoms with Crippen LogP contribution in [-0.4, -0.2) is 35.3 Å². The number of hydrogen-bond acceptors (Lipinski definition) is 8. The van der Waals surface area contributed by atoms with Crippen LogP contribution in [-0.2, 0) is 4.79 Å². The first-order valence-corrected chi connectivity index (χ1v) is 12.1. The summed E-state index contributed by atoms with van der Waals surface area (Å²) in [5, 5.41) is 22.0. The molecule has 0 heterocycles. The van der Waals surface area contributed by atoms with Gasteiger partial charge < -0.3 is 20.5 Å². The van der Waals surface area contributed by atoms with Gasteiger partial charge in [0.05, 0.1) is 17.6 Å². The summed E-state index contributed by atoms with van der Waals surface area (Å²) in [6, 6.07) is 16.0. The van der Waals surface area contributed by atoms with Crippen molar-refractivity contribution in [2.24, 2.45) is 5.73 Å². The van der Waals surface area contributed by atoms with Crippen molar-refractivity contribution in [3.63, 3.8) is 0 Å². The van der Waals surface area contributed by atoms with Gasteiger partial charge in [-0.1, -0.05) is 18.2 Å². The molecule has 3 aromatic carbocycles. The van der Waals surface area contributed by atoms with Gasteiger partial charge >= 0.3 is 0 Å². The fourth-order valence-corrected chi connectivity index (χ4v) is 3.62. The zero-order valence-corrected chi connectivity index (χ0v) is 21.7. The Morgan fingerprint density at radius 3 is 2.33 bits per heavy atom. The molecule has 12 nitrogen and oxygen atoms in total. The summed E-state index contributed by atoms with van der Waals surface area (Å²) in [5.41, 5.74) is 11.0. The van der Waals surface area contributed by atoms with Crippen molar-refractivity contribution in [1.29, 1.82) is 5.41 Å². The third kappa shape index (κ3) is 7.44. The van der Waals surface area contributed by atoms with Gasteiger partial charge in [-0.15, -0.1) is 0 Å². The average Bonchev–Trinajstić information content (AvgIpc) is 2.91. The molecule has 12 heteroatoms. The van der Waals surface area contributed by atoms with Gasteiger partial charge in [0.25, 0.3) is 17.5 Å². The van der Waals surface area contributed by atoms with Crippen LogP contribution in [0.4, 0.5) is 11.4 Å². The minimum absolute atomic E-state index is 0.101. The number of nitrogens with zero attached hydrogens (tertiary/aromatic N) is 1. The molecule has 0 spiro atoms. The first-order valence-electron chi connectivity index (χ1n) is 12.1. The maximum absolute atomic E-state index is 13.4. The van der Waals surface area contributed by atoms with Crippen molar-refractivity contribution in [2.45, 2.75) is 32.9 Å². The predicted molar refractivity (Wildman–Crippen MR) is 146 cm³/mol. The van der Waals surface area contributed by atoms with Gasteiger partial charge in [0.15, 0.2) is 11.5 Å². The first-order chi connectivity index (χ1) is 18.6. The van der Waals surface area contributed by atoms with Crippen LogP contribution in [0.3, 0.4) is 0 Å². The summed E-state index contributed by atoms with van der Waals surface area (Å²) in [6.45, 7) is 5.95. The minimum Gasteiger partial charge on any atom is -0.490 e. The Labute approximate surface area is 225 Å². The van der Waals surface area contributed by atoms with Gasteiger partial charge in [0.1, 0.15) is 17.4 Å². The summed E-state index contributed by atoms with van der Waals surface area (Å²) in [4.78, 5) is 36.6. The van der Waals surface area contributed by atoms with E-state index in [0.29, 0.717) is 34.9 Å². The number of rotatable bonds is 11. The van der Waals surface area contributed by atoms with E-state index in [-0.39, 0.29) is 17.5 Å². The van der Waals surface area contributed by atoms with Crippen molar-refractivity contribution < 1.29 is 24.0 Å². The van der Waals surface area contributed by atoms with E-state index in [1.54, 1.807) is 42.5 Å². The Morgan fingerprint density at radius 2 is 1.72 bits per heavy atom. The highest BCUT2D eigenvalue weighted by Gasteiger charge is 2.25. The van der Waals surface area contributed by atoms with Crippen LogP contribution in [0.2, 0.25) is 0 Å². The number of hydrogen-bond donors (Lipinski definition) is 5. The lowest BCUT2D eigenvalue weighted by atomic mass is 10.0. The number of carbonyl (C=O) groups is 2. The predicted octanol–water partition coefficient (Wildman–Crippen LogP) is 3.68. The Balaban J connectivity index is 1.91. The van der Waals surface area contributed by atoms with Crippen LogP contribution >= 0.6 is 0 Å². The van der Waals surface area contributed by atoms with Gasteiger partial charge in [-0.05, 0) is 68.8 Å². The van der Waals surface area contributed by atoms with E-state index >= 15 is 0 Å². The van der Waals surface area contributed by atoms with Crippen molar-refractivity contribution in [2.75, 3.05) is 11.9 Å². The maximum atomic E-state index is 13.4. The van der Waals surface area contributed by atoms with Gasteiger partial charge in [-0.25, -0.2) is 0 Å². The second-order valence-electron chi connectivity index (χ2n) is 8.59. The zero-order chi connectivity index (χ0) is 28.5. The third-order valence-electron chi connectivity index (χ3n) is 5.38. The van der Waals surface area contributed by atoms with Gasteiger partial charge in [-0.3, -0.25) is 36.0 Å². The molecule has 0 radical (unpaired) electrons. The number of para-hydroxylation sites is 1. The number of nitrogen functional groups attached to an aromatic ring is 1. The number of amides is 2. The van der Waals surface area contributed by atoms with E-state index < -0.39 is 28.5 Å². The molecule has 2 amide bonds. The number of amidine groups is 1. The van der Waals surface area contributed by atoms with Crippen LogP contribution in [0.15, 0.2) is 66.7 Å². The maximum Gasteiger partial charge on any atom is 0.282 e. The molecule has 0 saturated heterocycles. The van der Waals surface area contributed by atoms with Crippen LogP contribution < -0.4 is 31.4 Å². The van der Waals surface area contributed by atoms with Crippen LogP contribution in [0.1, 0.15) is 48.3 Å². The number of nitrogens with two attached hydrogens (primary N) is 1. The standard InChI is InChI=1S/C27H30N6O6/c1-4-38-23-15-18(11-14-22(23)39-16(2)3)24(30-19-12-9-17(10-13-19)25(28)29)27(35)32-31-26(34)20-7-5-6-8-21(20)33(36)37/h5-16,24,30H,4H2,1-3H3,(H3,28,29)(H,31,34)(H,32,35). The molecule has 0 aliphatic heterocycles. The minimum atomic E-state index is -1.04. The summed E-state index contributed by atoms with van der Waals surface area (Å²) in [6.07, 6.45) is -0.107. The second kappa shape index (κ2) is 12.9. The molecule has 0 aliphatic carbocycles. The second-order valence-corrected chi connectivity index (χ2v) is 8.59. The highest BCUT2D eigenvalue weighted by Crippen LogP contribution is 2.33. The van der Waals surface area contributed by atoms with E-state index in [0.717, 1.165) is 0 Å². The SMILES string of the molecule is CCOc1cc(C(Nc2ccc(C(=N)N)cc2)C(=O)NNC(=O)c2ccccc2[N+](=O)[O-])ccc1OC(C)C. The number of hydrazine groups is 1. The number of nitrogens with one attached hydrogen (secondary N) is 4. The van der Waals surface area contributed by atoms with E-state index in [1.165, 1.54) is 24.3 Å². The number of ether oxygens (including phenoxy) is 2. The quantitative estimate of drug-likeness (QED) is 0.107. The molecule has 0 saturated carbocycles. The fourth-order valence-electron chi connectivity index (χ4n) is 3.62. The molecule has 6 N–H and O–H groups in total. The van der Waals surface area contributed by atoms with E-state index in [1.807, 2.05) is 20.8 Å². The molecule has 3 aromatic rings. The average molecular weight is 535 g/mol. The topological polar surface area (TPSA) is 182 Å². The molecule has 39 heavy (non-hydrogen) atoms. The number of nitro benzene ring substituents is 1. The van der Waals surface area contributed by atoms with Crippen molar-refractivity contribution >= 4 is 29.0 Å². The van der Waals surface area contributed by atoms with Crippen LogP contribution in [0.25, 0.3) is 0 Å². The molecule has 0 bridgehead atoms. The van der Waals surface area contributed by atoms with Crippen molar-refractivity contribution in [1.82, 2.24) is 10.9 Å². The molecule has 0 aliphatic rings. The largest absolute Gasteiger partial charge is 0.490 e. The monoisotopic (exact) mass is 534 g/mol. The smallest absolute Gasteiger partial charge is 0.282 e. The summed E-state index contributed by atoms with van der Waals surface area (Å²) < 4.78 is 11.6. The van der Waals surface area contributed by atoms with E-state index in [2.05, 4.69) is 16.2 Å². The lowest BCUT2D eigenvalue weighted by molar-refractivity contribution is -0.385. The van der Waals surface area contributed by atoms with Crippen LogP contribution in [0, 0.1) is 15.5 Å². The molecular weight excluding hydrogens is 504 g/mol. The fraction of sp³-hybridized carbons (Fsp3) is 0.222. The van der Waals surface area contributed by atoms with Crippen molar-refractivity contribution in [3.05, 3.63) is 93.5 Å². The molecule has 1 atom stereocenters. The third-order valence-corrected chi connectivity index (χ3v) is 5.38. The summed E-state index contributed by atoms with van der Waals surface area (Å²) in [5.74, 6) is -0.673. The molecule has 204 valence electrons. The Morgan fingerprint density at radius 1 is 1.03 bits per heavy atom. The highest BCUT2D eigenvalue weighted by atomic mass is 16.6. The van der Waals surface area contributed by atoms with Crippen LogP contribution in [0.5, 0.6) is 11.5 Å². The number of anilines is 1. The summed E-state index contributed by atoms with van der Waals surface area (Å²) >= 11 is 0. The number of carbonyl (C=O) groups excluding carboxylic acids is 2. The number of nitro groups is 1. The Hall–Kier alpha value is -5.13. The van der Waals surface area contributed by atoms with Gasteiger partial charge in [0.2, 0.25) is 0 Å². The molecular formula is C27H30N6O6. The lowest BCUT2D eigenvalue weighted by Crippen LogP contribution is -2.45. The molecule has 3 rings (SSSR count). The summed E-state index contributed by atoms with van der Waals surface area (Å²) in [7, 11) is 0. The van der Waals surface area contributed by atoms with E-state index in [4.69, 9.17) is 20.6 Å². The molecule has 0 fully saturated rings. The van der Waals surface area contributed by atoms with E-state index in [9.17, 15) is 19.7 Å². The van der Waals surface area contributed by atoms with Gasteiger partial charge in [0, 0.05) is 17.3 Å². The Kier molecular flexibility index (Phi) is 9.41. The highest BCUT2D eigenvalue weighted by molar-refractivity contribution is 5.99. The Bertz CT molecular complexity index is 1360. The number of benzene rings is 3. The first kappa shape index (κ1) is 28.4.